The van der Waals surface area contributed by atoms with E-state index in [1.54, 1.807) is 27.0 Å². The lowest BCUT2D eigenvalue weighted by Crippen LogP contribution is -2.23. The number of aromatic nitrogens is 3. The van der Waals surface area contributed by atoms with E-state index in [1.807, 2.05) is 0 Å². The summed E-state index contributed by atoms with van der Waals surface area (Å²) in [6.45, 7) is 0.775. The van der Waals surface area contributed by atoms with Crippen LogP contribution in [0.25, 0.3) is 11.0 Å². The Labute approximate surface area is 195 Å². The summed E-state index contributed by atoms with van der Waals surface area (Å²) in [5.41, 5.74) is 0.181. The number of imidazole rings is 1. The molecule has 4 heterocycles. The molecule has 1 aliphatic rings. The van der Waals surface area contributed by atoms with E-state index in [4.69, 9.17) is 4.42 Å². The molecule has 34 heavy (non-hydrogen) atoms. The lowest BCUT2D eigenvalue weighted by Gasteiger charge is -2.10. The molecule has 4 aromatic rings. The second-order valence-corrected chi connectivity index (χ2v) is 8.63. The topological polar surface area (TPSA) is 93.3 Å². The normalized spacial score (nSPS) is 14.3. The Bertz CT molecular complexity index is 1360. The highest BCUT2D eigenvalue weighted by atomic mass is 32.1. The highest BCUT2D eigenvalue weighted by Gasteiger charge is 2.31. The fourth-order valence-electron chi connectivity index (χ4n) is 3.81. The first-order valence-electron chi connectivity index (χ1n) is 10.4. The zero-order valence-corrected chi connectivity index (χ0v) is 18.4. The molecule has 1 aliphatic heterocycles. The second kappa shape index (κ2) is 8.60. The number of rotatable bonds is 6. The third-order valence-electron chi connectivity index (χ3n) is 5.41. The molecule has 0 saturated carbocycles. The lowest BCUT2D eigenvalue weighted by atomic mass is 10.2. The van der Waals surface area contributed by atoms with Crippen molar-refractivity contribution in [1.29, 1.82) is 0 Å². The van der Waals surface area contributed by atoms with Gasteiger partial charge in [-0.25, -0.2) is 9.97 Å². The van der Waals surface area contributed by atoms with Gasteiger partial charge in [0.2, 0.25) is 17.8 Å². The van der Waals surface area contributed by atoms with Crippen LogP contribution in [0.4, 0.5) is 24.3 Å². The molecule has 2 amide bonds. The van der Waals surface area contributed by atoms with Crippen LogP contribution in [0.1, 0.15) is 29.9 Å². The van der Waals surface area contributed by atoms with Crippen LogP contribution in [0, 0.1) is 0 Å². The molecule has 1 N–H and O–H groups in total. The molecule has 12 heteroatoms. The van der Waals surface area contributed by atoms with Gasteiger partial charge in [0.25, 0.3) is 0 Å². The van der Waals surface area contributed by atoms with Gasteiger partial charge >= 0.3 is 6.18 Å². The Morgan fingerprint density at radius 2 is 2.09 bits per heavy atom. The first kappa shape index (κ1) is 22.1. The van der Waals surface area contributed by atoms with Gasteiger partial charge < -0.3 is 8.98 Å². The van der Waals surface area contributed by atoms with E-state index in [-0.39, 0.29) is 30.3 Å². The number of hydrogen-bond donors (Lipinski definition) is 1. The number of halogens is 3. The number of benzene rings is 1. The third kappa shape index (κ3) is 4.40. The highest BCUT2D eigenvalue weighted by molar-refractivity contribution is 7.14. The van der Waals surface area contributed by atoms with Crippen LogP contribution >= 0.6 is 11.3 Å². The fourth-order valence-corrected chi connectivity index (χ4v) is 4.67. The monoisotopic (exact) mass is 489 g/mol. The smallest absolute Gasteiger partial charge is 0.416 e. The van der Waals surface area contributed by atoms with Crippen LogP contribution in [0.15, 0.2) is 46.4 Å². The van der Waals surface area contributed by atoms with Crippen molar-refractivity contribution in [3.63, 3.8) is 0 Å². The summed E-state index contributed by atoms with van der Waals surface area (Å²) >= 11 is 1.29. The number of nitrogens with zero attached hydrogens (tertiary/aromatic N) is 4. The second-order valence-electron chi connectivity index (χ2n) is 7.80. The van der Waals surface area contributed by atoms with Gasteiger partial charge in [0.15, 0.2) is 5.13 Å². The maximum atomic E-state index is 13.2. The SMILES string of the molecule is O=C(Cc1csc(N2CCCC2=O)n1)Nc1nc2cc(C(F)(F)F)ccc2n1Cc1ccco1. The van der Waals surface area contributed by atoms with Crippen LogP contribution in [0.3, 0.4) is 0 Å². The fraction of sp³-hybridized carbons (Fsp3) is 0.273. The summed E-state index contributed by atoms with van der Waals surface area (Å²) in [7, 11) is 0. The number of furan rings is 1. The molecular weight excluding hydrogens is 471 g/mol. The van der Waals surface area contributed by atoms with Crippen molar-refractivity contribution < 1.29 is 27.2 Å². The zero-order chi connectivity index (χ0) is 23.9. The minimum absolute atomic E-state index is 0.00946. The quantitative estimate of drug-likeness (QED) is 0.432. The predicted molar refractivity (Wildman–Crippen MR) is 119 cm³/mol. The Kier molecular flexibility index (Phi) is 5.60. The molecule has 0 aliphatic carbocycles. The number of thiazole rings is 1. The predicted octanol–water partition coefficient (Wildman–Crippen LogP) is 4.46. The third-order valence-corrected chi connectivity index (χ3v) is 6.32. The van der Waals surface area contributed by atoms with Crippen LogP contribution in [-0.4, -0.2) is 32.9 Å². The lowest BCUT2D eigenvalue weighted by molar-refractivity contribution is -0.137. The van der Waals surface area contributed by atoms with Crippen molar-refractivity contribution in [2.45, 2.75) is 32.0 Å². The zero-order valence-electron chi connectivity index (χ0n) is 17.6. The van der Waals surface area contributed by atoms with E-state index in [1.165, 1.54) is 23.7 Å². The van der Waals surface area contributed by atoms with Gasteiger partial charge in [-0.15, -0.1) is 11.3 Å². The number of hydrogen-bond acceptors (Lipinski definition) is 6. The maximum absolute atomic E-state index is 13.2. The van der Waals surface area contributed by atoms with Crippen molar-refractivity contribution in [3.8, 4) is 0 Å². The molecule has 1 aromatic carbocycles. The molecule has 0 unspecified atom stereocenters. The van der Waals surface area contributed by atoms with E-state index in [0.717, 1.165) is 18.6 Å². The maximum Gasteiger partial charge on any atom is 0.416 e. The largest absolute Gasteiger partial charge is 0.467 e. The van der Waals surface area contributed by atoms with E-state index in [2.05, 4.69) is 15.3 Å². The van der Waals surface area contributed by atoms with Gasteiger partial charge in [-0.05, 0) is 36.8 Å². The average Bonchev–Trinajstić information content (AvgIpc) is 3.56. The summed E-state index contributed by atoms with van der Waals surface area (Å²) < 4.78 is 46.5. The van der Waals surface area contributed by atoms with Crippen molar-refractivity contribution in [2.24, 2.45) is 0 Å². The average molecular weight is 489 g/mol. The molecule has 5 rings (SSSR count). The van der Waals surface area contributed by atoms with Gasteiger partial charge in [-0.2, -0.15) is 13.2 Å². The van der Waals surface area contributed by atoms with E-state index < -0.39 is 17.6 Å². The summed E-state index contributed by atoms with van der Waals surface area (Å²) in [6.07, 6.45) is -1.84. The summed E-state index contributed by atoms with van der Waals surface area (Å²) in [5.74, 6) is 0.224. The van der Waals surface area contributed by atoms with Gasteiger partial charge in [-0.1, -0.05) is 0 Å². The number of anilines is 2. The summed E-state index contributed by atoms with van der Waals surface area (Å²) in [4.78, 5) is 34.9. The van der Waals surface area contributed by atoms with E-state index in [9.17, 15) is 22.8 Å². The first-order chi connectivity index (χ1) is 16.3. The Morgan fingerprint density at radius 1 is 1.24 bits per heavy atom. The van der Waals surface area contributed by atoms with Crippen LogP contribution in [-0.2, 0) is 28.7 Å². The molecule has 1 fully saturated rings. The van der Waals surface area contributed by atoms with Crippen LogP contribution in [0.2, 0.25) is 0 Å². The van der Waals surface area contributed by atoms with Gasteiger partial charge in [-0.3, -0.25) is 19.8 Å². The minimum atomic E-state index is -4.51. The Hall–Kier alpha value is -3.67. The van der Waals surface area contributed by atoms with E-state index in [0.29, 0.717) is 35.1 Å². The molecule has 0 radical (unpaired) electrons. The molecule has 3 aromatic heterocycles. The minimum Gasteiger partial charge on any atom is -0.467 e. The number of nitrogens with one attached hydrogen (secondary N) is 1. The molecule has 0 spiro atoms. The Morgan fingerprint density at radius 3 is 2.79 bits per heavy atom. The molecule has 8 nitrogen and oxygen atoms in total. The molecule has 176 valence electrons. The summed E-state index contributed by atoms with van der Waals surface area (Å²) in [5, 5.41) is 4.94. The standard InChI is InChI=1S/C22H18F3N5O3S/c23-22(24,25)13-5-6-17-16(9-13)27-20(30(17)11-15-3-2-8-33-15)28-18(31)10-14-12-34-21(26-14)29-7-1-4-19(29)32/h2-3,5-6,8-9,12H,1,4,7,10-11H2,(H,27,28,31). The van der Waals surface area contributed by atoms with E-state index >= 15 is 0 Å². The number of fused-ring (bicyclic) bond motifs is 1. The van der Waals surface area contributed by atoms with Gasteiger partial charge in [0, 0.05) is 18.3 Å². The number of carbonyl (C=O) groups is 2. The van der Waals surface area contributed by atoms with Crippen molar-refractivity contribution in [2.75, 3.05) is 16.8 Å². The number of amides is 2. The number of alkyl halides is 3. The van der Waals surface area contributed by atoms with Gasteiger partial charge in [0.1, 0.15) is 5.76 Å². The molecule has 1 saturated heterocycles. The van der Waals surface area contributed by atoms with Crippen LogP contribution < -0.4 is 10.2 Å². The van der Waals surface area contributed by atoms with Gasteiger partial charge in [0.05, 0.1) is 41.5 Å². The molecular formula is C22H18F3N5O3S. The molecule has 0 bridgehead atoms. The first-order valence-corrected chi connectivity index (χ1v) is 11.3. The van der Waals surface area contributed by atoms with Crippen LogP contribution in [0.5, 0.6) is 0 Å². The Balaban J connectivity index is 1.40. The van der Waals surface area contributed by atoms with Crippen molar-refractivity contribution in [1.82, 2.24) is 14.5 Å². The van der Waals surface area contributed by atoms with Crippen molar-refractivity contribution in [3.05, 3.63) is 59.0 Å². The molecule has 0 atom stereocenters. The number of carbonyl (C=O) groups excluding carboxylic acids is 2. The van der Waals surface area contributed by atoms with Crippen molar-refractivity contribution >= 4 is 45.3 Å². The highest BCUT2D eigenvalue weighted by Crippen LogP contribution is 2.32. The summed E-state index contributed by atoms with van der Waals surface area (Å²) in [6, 6.07) is 6.66.